The van der Waals surface area contributed by atoms with Crippen LogP contribution in [-0.4, -0.2) is 36.2 Å². The molecule has 6 nitrogen and oxygen atoms in total. The standard InChI is InChI=1S/C14H18N2O4/c1-3-9-20-13(17)12-10-11(5-7-15)6-8-16(12)14(18)19-4-2/h3-4,11-12H,1-2,5-6,8-10H2/t11-,12+/m1/s1. The van der Waals surface area contributed by atoms with Crippen LogP contribution >= 0.6 is 0 Å². The molecule has 0 aromatic rings. The van der Waals surface area contributed by atoms with Gasteiger partial charge in [-0.25, -0.2) is 9.59 Å². The summed E-state index contributed by atoms with van der Waals surface area (Å²) >= 11 is 0. The first-order chi connectivity index (χ1) is 9.63. The SMILES string of the molecule is C=CCOC(=O)[C@@H]1C[C@H](CC#N)CCN1C(=O)OC=C. The van der Waals surface area contributed by atoms with Crippen molar-refractivity contribution in [3.8, 4) is 6.07 Å². The smallest absolute Gasteiger partial charge is 0.415 e. The Morgan fingerprint density at radius 3 is 2.80 bits per heavy atom. The van der Waals surface area contributed by atoms with Gasteiger partial charge in [0.1, 0.15) is 12.6 Å². The van der Waals surface area contributed by atoms with Crippen molar-refractivity contribution in [3.05, 3.63) is 25.5 Å². The van der Waals surface area contributed by atoms with Gasteiger partial charge in [-0.05, 0) is 18.8 Å². The third-order valence-corrected chi connectivity index (χ3v) is 3.13. The molecule has 1 fully saturated rings. The molecule has 1 saturated heterocycles. The number of hydrogen-bond donors (Lipinski definition) is 0. The number of amides is 1. The van der Waals surface area contributed by atoms with Crippen LogP contribution in [0.5, 0.6) is 0 Å². The number of esters is 1. The van der Waals surface area contributed by atoms with E-state index in [0.29, 0.717) is 25.8 Å². The number of rotatable bonds is 5. The van der Waals surface area contributed by atoms with E-state index < -0.39 is 18.1 Å². The minimum atomic E-state index is -0.727. The normalized spacial score (nSPS) is 21.4. The summed E-state index contributed by atoms with van der Waals surface area (Å²) in [5, 5.41) is 8.75. The highest BCUT2D eigenvalue weighted by molar-refractivity contribution is 5.82. The Balaban J connectivity index is 2.78. The fourth-order valence-electron chi connectivity index (χ4n) is 2.17. The summed E-state index contributed by atoms with van der Waals surface area (Å²) in [4.78, 5) is 25.1. The van der Waals surface area contributed by atoms with E-state index in [1.54, 1.807) is 0 Å². The van der Waals surface area contributed by atoms with Gasteiger partial charge >= 0.3 is 12.1 Å². The van der Waals surface area contributed by atoms with E-state index in [2.05, 4.69) is 19.2 Å². The van der Waals surface area contributed by atoms with Gasteiger partial charge in [0, 0.05) is 13.0 Å². The molecule has 1 amide bonds. The van der Waals surface area contributed by atoms with Gasteiger partial charge < -0.3 is 9.47 Å². The van der Waals surface area contributed by atoms with Gasteiger partial charge in [-0.2, -0.15) is 5.26 Å². The lowest BCUT2D eigenvalue weighted by Gasteiger charge is -2.36. The van der Waals surface area contributed by atoms with E-state index in [1.165, 1.54) is 11.0 Å². The highest BCUT2D eigenvalue weighted by atomic mass is 16.6. The number of nitrogens with zero attached hydrogens (tertiary/aromatic N) is 2. The highest BCUT2D eigenvalue weighted by Crippen LogP contribution is 2.26. The second-order valence-corrected chi connectivity index (χ2v) is 4.43. The van der Waals surface area contributed by atoms with Crippen LogP contribution in [0.25, 0.3) is 0 Å². The topological polar surface area (TPSA) is 79.6 Å². The number of piperidine rings is 1. The first-order valence-corrected chi connectivity index (χ1v) is 6.36. The first-order valence-electron chi connectivity index (χ1n) is 6.36. The van der Waals surface area contributed by atoms with Crippen LogP contribution in [-0.2, 0) is 14.3 Å². The van der Waals surface area contributed by atoms with Crippen LogP contribution in [0, 0.1) is 17.2 Å². The van der Waals surface area contributed by atoms with Crippen LogP contribution in [0.2, 0.25) is 0 Å². The van der Waals surface area contributed by atoms with Gasteiger partial charge in [-0.15, -0.1) is 0 Å². The van der Waals surface area contributed by atoms with Crippen molar-refractivity contribution in [2.45, 2.75) is 25.3 Å². The van der Waals surface area contributed by atoms with E-state index in [9.17, 15) is 9.59 Å². The number of carbonyl (C=O) groups is 2. The molecule has 0 aliphatic carbocycles. The van der Waals surface area contributed by atoms with Gasteiger partial charge in [0.25, 0.3) is 0 Å². The van der Waals surface area contributed by atoms with Gasteiger partial charge in [-0.3, -0.25) is 4.90 Å². The molecule has 0 unspecified atom stereocenters. The van der Waals surface area contributed by atoms with Gasteiger partial charge in [-0.1, -0.05) is 19.2 Å². The minimum Gasteiger partial charge on any atom is -0.460 e. The van der Waals surface area contributed by atoms with E-state index in [1.807, 2.05) is 0 Å². The zero-order valence-corrected chi connectivity index (χ0v) is 11.3. The number of carbonyl (C=O) groups excluding carboxylic acids is 2. The molecule has 0 radical (unpaired) electrons. The Morgan fingerprint density at radius 1 is 1.45 bits per heavy atom. The zero-order valence-electron chi connectivity index (χ0n) is 11.3. The zero-order chi connectivity index (χ0) is 15.0. The molecule has 0 aromatic heterocycles. The van der Waals surface area contributed by atoms with Crippen molar-refractivity contribution in [3.63, 3.8) is 0 Å². The number of nitriles is 1. The van der Waals surface area contributed by atoms with Crippen LogP contribution in [0.3, 0.4) is 0 Å². The number of likely N-dealkylation sites (tertiary alicyclic amines) is 1. The maximum Gasteiger partial charge on any atom is 0.415 e. The molecular weight excluding hydrogens is 260 g/mol. The second kappa shape index (κ2) is 8.00. The second-order valence-electron chi connectivity index (χ2n) is 4.43. The van der Waals surface area contributed by atoms with E-state index in [0.717, 1.165) is 6.26 Å². The lowest BCUT2D eigenvalue weighted by Crippen LogP contribution is -2.50. The molecular formula is C14H18N2O4. The molecule has 1 aliphatic rings. The van der Waals surface area contributed by atoms with Gasteiger partial charge in [0.05, 0.1) is 12.3 Å². The van der Waals surface area contributed by atoms with Crippen molar-refractivity contribution in [1.29, 1.82) is 5.26 Å². The molecule has 1 heterocycles. The summed E-state index contributed by atoms with van der Waals surface area (Å²) < 4.78 is 9.72. The maximum absolute atomic E-state index is 12.0. The van der Waals surface area contributed by atoms with Crippen molar-refractivity contribution < 1.29 is 19.1 Å². The Labute approximate surface area is 118 Å². The summed E-state index contributed by atoms with van der Waals surface area (Å²) in [6, 6.07) is 1.36. The maximum atomic E-state index is 12.0. The monoisotopic (exact) mass is 278 g/mol. The summed E-state index contributed by atoms with van der Waals surface area (Å²) in [5.74, 6) is -0.428. The number of ether oxygens (including phenoxy) is 2. The van der Waals surface area contributed by atoms with E-state index in [-0.39, 0.29) is 12.5 Å². The lowest BCUT2D eigenvalue weighted by atomic mass is 9.89. The fraction of sp³-hybridized carbons (Fsp3) is 0.500. The van der Waals surface area contributed by atoms with E-state index in [4.69, 9.17) is 14.7 Å². The summed E-state index contributed by atoms with van der Waals surface area (Å²) in [7, 11) is 0. The largest absolute Gasteiger partial charge is 0.460 e. The third kappa shape index (κ3) is 4.12. The van der Waals surface area contributed by atoms with Gasteiger partial charge in [0.15, 0.2) is 0 Å². The molecule has 0 saturated carbocycles. The third-order valence-electron chi connectivity index (χ3n) is 3.13. The van der Waals surface area contributed by atoms with Gasteiger partial charge in [0.2, 0.25) is 0 Å². The molecule has 0 spiro atoms. The Morgan fingerprint density at radius 2 is 2.20 bits per heavy atom. The van der Waals surface area contributed by atoms with Crippen LogP contribution in [0.15, 0.2) is 25.5 Å². The molecule has 6 heteroatoms. The van der Waals surface area contributed by atoms with Crippen LogP contribution in [0.1, 0.15) is 19.3 Å². The molecule has 20 heavy (non-hydrogen) atoms. The summed E-state index contributed by atoms with van der Waals surface area (Å²) in [6.45, 7) is 7.22. The van der Waals surface area contributed by atoms with Crippen molar-refractivity contribution in [2.24, 2.45) is 5.92 Å². The molecule has 1 rings (SSSR count). The lowest BCUT2D eigenvalue weighted by molar-refractivity contribution is -0.150. The highest BCUT2D eigenvalue weighted by Gasteiger charge is 2.37. The van der Waals surface area contributed by atoms with Crippen LogP contribution < -0.4 is 0 Å². The fourth-order valence-corrected chi connectivity index (χ4v) is 2.17. The molecule has 0 bridgehead atoms. The minimum absolute atomic E-state index is 0.0778. The number of hydrogen-bond acceptors (Lipinski definition) is 5. The molecule has 108 valence electrons. The van der Waals surface area contributed by atoms with E-state index >= 15 is 0 Å². The first kappa shape index (κ1) is 15.8. The predicted molar refractivity (Wildman–Crippen MR) is 71.3 cm³/mol. The quantitative estimate of drug-likeness (QED) is 0.436. The average molecular weight is 278 g/mol. The Kier molecular flexibility index (Phi) is 6.30. The molecule has 0 aromatic carbocycles. The van der Waals surface area contributed by atoms with Crippen molar-refractivity contribution in [1.82, 2.24) is 4.90 Å². The molecule has 2 atom stereocenters. The average Bonchev–Trinajstić information content (AvgIpc) is 2.45. The molecule has 0 N–H and O–H groups in total. The van der Waals surface area contributed by atoms with Crippen LogP contribution in [0.4, 0.5) is 4.79 Å². The summed E-state index contributed by atoms with van der Waals surface area (Å²) in [5.41, 5.74) is 0. The Hall–Kier alpha value is -2.29. The summed E-state index contributed by atoms with van der Waals surface area (Å²) in [6.07, 6.45) is 3.27. The van der Waals surface area contributed by atoms with Crippen molar-refractivity contribution in [2.75, 3.05) is 13.2 Å². The Bertz CT molecular complexity index is 427. The molecule has 1 aliphatic heterocycles. The van der Waals surface area contributed by atoms with Crippen molar-refractivity contribution >= 4 is 12.1 Å². The predicted octanol–water partition coefficient (Wildman–Crippen LogP) is 1.99.